The van der Waals surface area contributed by atoms with Crippen LogP contribution in [0.5, 0.6) is 5.75 Å². The van der Waals surface area contributed by atoms with Crippen LogP contribution in [0.4, 0.5) is 8.78 Å². The summed E-state index contributed by atoms with van der Waals surface area (Å²) in [5, 5.41) is 2.81. The predicted octanol–water partition coefficient (Wildman–Crippen LogP) is 3.59. The van der Waals surface area contributed by atoms with Crippen LogP contribution < -0.4 is 10.1 Å². The standard InChI is InChI=1S/C24H35F2N3O5Si/c1-15-21(31)27-14-19-28(15)20(30)13-17(11-12-33-35(5,6)24(2,3)4)29(19)22(32)16-7-9-18(10-8-16)34-23(25)26/h7-10,15,17,19,23H,11-14H2,1-6H3,(H,27,31). The molecule has 3 rings (SSSR count). The highest BCUT2D eigenvalue weighted by Crippen LogP contribution is 2.37. The van der Waals surface area contributed by atoms with Crippen LogP contribution in [0.1, 0.15) is 50.9 Å². The van der Waals surface area contributed by atoms with Gasteiger partial charge in [0.15, 0.2) is 8.32 Å². The first-order valence-electron chi connectivity index (χ1n) is 11.8. The fraction of sp³-hybridized carbons (Fsp3) is 0.625. The number of fused-ring (bicyclic) bond motifs is 1. The van der Waals surface area contributed by atoms with E-state index in [0.29, 0.717) is 13.0 Å². The Kier molecular flexibility index (Phi) is 7.90. The molecule has 2 aliphatic rings. The van der Waals surface area contributed by atoms with E-state index in [2.05, 4.69) is 43.9 Å². The zero-order valence-corrected chi connectivity index (χ0v) is 22.1. The van der Waals surface area contributed by atoms with Gasteiger partial charge in [0, 0.05) is 24.6 Å². The van der Waals surface area contributed by atoms with E-state index in [9.17, 15) is 23.2 Å². The molecule has 11 heteroatoms. The molecule has 0 aromatic heterocycles. The lowest BCUT2D eigenvalue weighted by atomic mass is 9.97. The van der Waals surface area contributed by atoms with Crippen LogP contribution in [0.3, 0.4) is 0 Å². The number of hydrogen-bond acceptors (Lipinski definition) is 5. The topological polar surface area (TPSA) is 88.2 Å². The van der Waals surface area contributed by atoms with Crippen molar-refractivity contribution in [2.45, 2.75) is 83.5 Å². The number of hydrogen-bond donors (Lipinski definition) is 1. The molecule has 3 amide bonds. The Morgan fingerprint density at radius 2 is 1.83 bits per heavy atom. The van der Waals surface area contributed by atoms with Crippen LogP contribution in [-0.2, 0) is 14.0 Å². The third-order valence-corrected chi connectivity index (χ3v) is 11.8. The average molecular weight is 512 g/mol. The lowest BCUT2D eigenvalue weighted by Gasteiger charge is -2.52. The quantitative estimate of drug-likeness (QED) is 0.566. The first-order valence-corrected chi connectivity index (χ1v) is 14.7. The van der Waals surface area contributed by atoms with E-state index >= 15 is 0 Å². The van der Waals surface area contributed by atoms with Gasteiger partial charge in [-0.05, 0) is 55.7 Å². The molecule has 1 aromatic rings. The Hall–Kier alpha value is -2.53. The summed E-state index contributed by atoms with van der Waals surface area (Å²) in [4.78, 5) is 42.0. The van der Waals surface area contributed by atoms with Gasteiger partial charge in [0.2, 0.25) is 11.8 Å². The maximum Gasteiger partial charge on any atom is 0.387 e. The van der Waals surface area contributed by atoms with E-state index in [1.165, 1.54) is 29.2 Å². The Labute approximate surface area is 206 Å². The summed E-state index contributed by atoms with van der Waals surface area (Å²) in [5.41, 5.74) is 0.279. The van der Waals surface area contributed by atoms with Crippen molar-refractivity contribution in [2.24, 2.45) is 0 Å². The second-order valence-electron chi connectivity index (χ2n) is 10.6. The number of halogens is 2. The van der Waals surface area contributed by atoms with Crippen LogP contribution in [0.15, 0.2) is 24.3 Å². The van der Waals surface area contributed by atoms with Gasteiger partial charge in [0.25, 0.3) is 5.91 Å². The maximum atomic E-state index is 13.7. The zero-order chi connectivity index (χ0) is 26.1. The molecule has 2 fully saturated rings. The van der Waals surface area contributed by atoms with Gasteiger partial charge in [0.1, 0.15) is 18.0 Å². The molecule has 3 unspecified atom stereocenters. The van der Waals surface area contributed by atoms with Gasteiger partial charge in [-0.25, -0.2) is 0 Å². The zero-order valence-electron chi connectivity index (χ0n) is 21.1. The smallest absolute Gasteiger partial charge is 0.387 e. The molecule has 1 aromatic carbocycles. The molecule has 0 aliphatic carbocycles. The van der Waals surface area contributed by atoms with Crippen LogP contribution in [0, 0.1) is 0 Å². The summed E-state index contributed by atoms with van der Waals surface area (Å²) in [7, 11) is -2.03. The van der Waals surface area contributed by atoms with Gasteiger partial charge in [-0.3, -0.25) is 14.4 Å². The van der Waals surface area contributed by atoms with Gasteiger partial charge < -0.3 is 24.3 Å². The normalized spacial score (nSPS) is 23.3. The number of rotatable bonds is 7. The molecule has 0 spiro atoms. The highest BCUT2D eigenvalue weighted by molar-refractivity contribution is 6.74. The van der Waals surface area contributed by atoms with E-state index < -0.39 is 33.2 Å². The number of carbonyl (C=O) groups excluding carboxylic acids is 3. The molecule has 2 saturated heterocycles. The molecule has 35 heavy (non-hydrogen) atoms. The van der Waals surface area contributed by atoms with E-state index in [4.69, 9.17) is 4.43 Å². The molecule has 0 bridgehead atoms. The van der Waals surface area contributed by atoms with E-state index in [0.717, 1.165) is 0 Å². The summed E-state index contributed by atoms with van der Waals surface area (Å²) in [6.45, 7) is 9.91. The minimum Gasteiger partial charge on any atom is -0.435 e. The average Bonchev–Trinajstić information content (AvgIpc) is 2.75. The fourth-order valence-corrected chi connectivity index (χ4v) is 5.28. The second kappa shape index (κ2) is 10.2. The molecule has 3 atom stereocenters. The number of alkyl halides is 2. The predicted molar refractivity (Wildman–Crippen MR) is 129 cm³/mol. The minimum atomic E-state index is -2.96. The number of piperazine rings is 1. The molecule has 2 heterocycles. The first-order chi connectivity index (χ1) is 16.2. The van der Waals surface area contributed by atoms with Gasteiger partial charge in [-0.2, -0.15) is 8.78 Å². The highest BCUT2D eigenvalue weighted by Gasteiger charge is 2.48. The Morgan fingerprint density at radius 1 is 1.20 bits per heavy atom. The van der Waals surface area contributed by atoms with Crippen molar-refractivity contribution < 1.29 is 32.3 Å². The summed E-state index contributed by atoms with van der Waals surface area (Å²) < 4.78 is 35.7. The van der Waals surface area contributed by atoms with Gasteiger partial charge in [0.05, 0.1) is 6.54 Å². The third kappa shape index (κ3) is 5.83. The lowest BCUT2D eigenvalue weighted by molar-refractivity contribution is -0.159. The largest absolute Gasteiger partial charge is 0.435 e. The maximum absolute atomic E-state index is 13.7. The molecular formula is C24H35F2N3O5Si. The van der Waals surface area contributed by atoms with Gasteiger partial charge in [-0.15, -0.1) is 0 Å². The van der Waals surface area contributed by atoms with Crippen LogP contribution in [-0.4, -0.2) is 73.9 Å². The van der Waals surface area contributed by atoms with Crippen LogP contribution in [0.2, 0.25) is 18.1 Å². The number of amides is 3. The van der Waals surface area contributed by atoms with Crippen molar-refractivity contribution in [1.82, 2.24) is 15.1 Å². The summed E-state index contributed by atoms with van der Waals surface area (Å²) in [6, 6.07) is 4.34. The molecule has 1 N–H and O–H groups in total. The number of carbonyl (C=O) groups is 3. The van der Waals surface area contributed by atoms with Crippen LogP contribution in [0.25, 0.3) is 0 Å². The highest BCUT2D eigenvalue weighted by atomic mass is 28.4. The molecule has 2 aliphatic heterocycles. The summed E-state index contributed by atoms with van der Waals surface area (Å²) >= 11 is 0. The summed E-state index contributed by atoms with van der Waals surface area (Å²) in [5.74, 6) is -0.851. The third-order valence-electron chi connectivity index (χ3n) is 7.27. The van der Waals surface area contributed by atoms with Crippen LogP contribution >= 0.6 is 0 Å². The number of nitrogens with one attached hydrogen (secondary N) is 1. The minimum absolute atomic E-state index is 0.0207. The molecular weight excluding hydrogens is 476 g/mol. The number of benzene rings is 1. The Balaban J connectivity index is 1.86. The Bertz CT molecular complexity index is 951. The van der Waals surface area contributed by atoms with E-state index in [1.54, 1.807) is 11.8 Å². The SMILES string of the molecule is CC1C(=O)NCC2N(C(=O)c3ccc(OC(F)F)cc3)C(CCO[Si](C)(C)C(C)(C)C)CC(=O)N12. The van der Waals surface area contributed by atoms with Crippen molar-refractivity contribution in [1.29, 1.82) is 0 Å². The fourth-order valence-electron chi connectivity index (χ4n) is 4.22. The van der Waals surface area contributed by atoms with Gasteiger partial charge in [-0.1, -0.05) is 20.8 Å². The van der Waals surface area contributed by atoms with Crippen molar-refractivity contribution >= 4 is 26.0 Å². The molecule has 194 valence electrons. The second-order valence-corrected chi connectivity index (χ2v) is 15.4. The first kappa shape index (κ1) is 27.1. The molecule has 0 saturated carbocycles. The van der Waals surface area contributed by atoms with Crippen molar-refractivity contribution in [3.05, 3.63) is 29.8 Å². The van der Waals surface area contributed by atoms with Crippen molar-refractivity contribution in [3.8, 4) is 5.75 Å². The van der Waals surface area contributed by atoms with E-state index in [-0.39, 0.29) is 47.0 Å². The lowest BCUT2D eigenvalue weighted by Crippen LogP contribution is -2.72. The van der Waals surface area contributed by atoms with Crippen molar-refractivity contribution in [2.75, 3.05) is 13.2 Å². The van der Waals surface area contributed by atoms with E-state index in [1.807, 2.05) is 0 Å². The molecule has 0 radical (unpaired) electrons. The number of nitrogens with zero attached hydrogens (tertiary/aromatic N) is 2. The number of ether oxygens (including phenoxy) is 1. The Morgan fingerprint density at radius 3 is 2.40 bits per heavy atom. The van der Waals surface area contributed by atoms with Gasteiger partial charge >= 0.3 is 6.61 Å². The van der Waals surface area contributed by atoms with Crippen molar-refractivity contribution in [3.63, 3.8) is 0 Å². The molecule has 8 nitrogen and oxygen atoms in total. The summed E-state index contributed by atoms with van der Waals surface area (Å²) in [6.07, 6.45) is -0.109. The monoisotopic (exact) mass is 511 g/mol.